The minimum Gasteiger partial charge on any atom is -0.489 e. The zero-order valence-corrected chi connectivity index (χ0v) is 34.8. The van der Waals surface area contributed by atoms with E-state index in [9.17, 15) is 24.4 Å². The number of piperazine rings is 1. The minimum absolute atomic E-state index is 0.0626. The van der Waals surface area contributed by atoms with Crippen LogP contribution in [0.5, 0.6) is 11.5 Å². The fourth-order valence-electron chi connectivity index (χ4n) is 9.74. The molecule has 2 aromatic carbocycles. The molecule has 3 aliphatic heterocycles. The Kier molecular flexibility index (Phi) is 11.9. The van der Waals surface area contributed by atoms with E-state index in [1.54, 1.807) is 36.7 Å². The molecule has 312 valence electrons. The maximum Gasteiger partial charge on any atom is 0.255 e. The second-order valence-electron chi connectivity index (χ2n) is 17.1. The van der Waals surface area contributed by atoms with Crippen LogP contribution in [0.4, 0.5) is 10.1 Å². The summed E-state index contributed by atoms with van der Waals surface area (Å²) in [7, 11) is 0. The molecule has 7 rings (SSSR count). The van der Waals surface area contributed by atoms with Crippen molar-refractivity contribution in [1.82, 2.24) is 25.8 Å². The van der Waals surface area contributed by atoms with Crippen molar-refractivity contribution in [2.75, 3.05) is 18.0 Å². The zero-order valence-electron chi connectivity index (χ0n) is 34.1. The highest BCUT2D eigenvalue weighted by Gasteiger charge is 2.64. The highest BCUT2D eigenvalue weighted by atomic mass is 35.5. The molecule has 4 amide bonds. The molecule has 15 heteroatoms. The normalized spacial score (nSPS) is 24.4. The van der Waals surface area contributed by atoms with E-state index in [2.05, 4.69) is 33.9 Å². The van der Waals surface area contributed by atoms with Crippen LogP contribution in [0.25, 0.3) is 0 Å². The Morgan fingerprint density at radius 1 is 1.07 bits per heavy atom. The van der Waals surface area contributed by atoms with Gasteiger partial charge in [-0.1, -0.05) is 71.9 Å². The molecule has 13 nitrogen and oxygen atoms in total. The molecule has 0 spiro atoms. The molecule has 1 aliphatic carbocycles. The average Bonchev–Trinajstić information content (AvgIpc) is 3.54. The lowest BCUT2D eigenvalue weighted by Crippen LogP contribution is -2.74. The fraction of sp³-hybridized carbons (Fsp3) is 0.500. The van der Waals surface area contributed by atoms with E-state index >= 15 is 4.39 Å². The van der Waals surface area contributed by atoms with Crippen LogP contribution < -0.4 is 30.3 Å². The molecule has 3 atom stereocenters. The first-order valence-electron chi connectivity index (χ1n) is 20.4. The molecule has 1 aromatic heterocycles. The number of benzene rings is 2. The Morgan fingerprint density at radius 2 is 1.85 bits per heavy atom. The van der Waals surface area contributed by atoms with Crippen molar-refractivity contribution in [3.8, 4) is 17.6 Å². The second-order valence-corrected chi connectivity index (χ2v) is 17.5. The number of pyridine rings is 1. The number of hydrogen-bond donors (Lipinski definition) is 3. The number of nitriles is 1. The highest BCUT2D eigenvalue weighted by Crippen LogP contribution is 2.56. The molecule has 3 N–H and O–H groups in total. The quantitative estimate of drug-likeness (QED) is 0.132. The number of ether oxygens (including phenoxy) is 2. The molecular formula is C44H51ClFN7O6. The lowest BCUT2D eigenvalue weighted by Gasteiger charge is -2.63. The van der Waals surface area contributed by atoms with Crippen molar-refractivity contribution in [2.45, 2.75) is 117 Å². The largest absolute Gasteiger partial charge is 0.489 e. The monoisotopic (exact) mass is 827 g/mol. The van der Waals surface area contributed by atoms with Gasteiger partial charge in [0, 0.05) is 65.5 Å². The van der Waals surface area contributed by atoms with Crippen molar-refractivity contribution >= 4 is 40.9 Å². The van der Waals surface area contributed by atoms with Gasteiger partial charge >= 0.3 is 0 Å². The number of rotatable bonds is 13. The summed E-state index contributed by atoms with van der Waals surface area (Å²) in [6.45, 7) is 11.1. The van der Waals surface area contributed by atoms with Gasteiger partial charge in [0.1, 0.15) is 24.0 Å². The lowest BCUT2D eigenvalue weighted by atomic mass is 9.49. The molecule has 0 radical (unpaired) electrons. The molecule has 3 fully saturated rings. The van der Waals surface area contributed by atoms with E-state index < -0.39 is 46.6 Å². The minimum atomic E-state index is -0.872. The molecule has 2 saturated heterocycles. The number of halogens is 2. The summed E-state index contributed by atoms with van der Waals surface area (Å²) in [6.07, 6.45) is 7.20. The number of hydrogen-bond acceptors (Lipinski definition) is 10. The van der Waals surface area contributed by atoms with Crippen molar-refractivity contribution in [2.24, 2.45) is 10.8 Å². The number of fused-ring (bicyclic) bond motifs is 1. The van der Waals surface area contributed by atoms with Gasteiger partial charge in [-0.2, -0.15) is 5.26 Å². The third-order valence-electron chi connectivity index (χ3n) is 12.4. The van der Waals surface area contributed by atoms with Crippen LogP contribution in [-0.2, 0) is 16.1 Å². The Labute approximate surface area is 348 Å². The molecule has 3 unspecified atom stereocenters. The number of unbranched alkanes of at least 4 members (excludes halogenated alkanes) is 3. The third kappa shape index (κ3) is 7.94. The van der Waals surface area contributed by atoms with Crippen LogP contribution in [0.15, 0.2) is 48.8 Å². The molecule has 59 heavy (non-hydrogen) atoms. The topological polar surface area (TPSA) is 166 Å². The predicted octanol–water partition coefficient (Wildman–Crippen LogP) is 6.27. The number of anilines is 1. The van der Waals surface area contributed by atoms with Crippen LogP contribution >= 0.6 is 11.6 Å². The van der Waals surface area contributed by atoms with Crippen LogP contribution in [0.1, 0.15) is 111 Å². The summed E-state index contributed by atoms with van der Waals surface area (Å²) < 4.78 is 29.1. The summed E-state index contributed by atoms with van der Waals surface area (Å²) >= 11 is 6.31. The van der Waals surface area contributed by atoms with Gasteiger partial charge in [0.2, 0.25) is 11.8 Å². The fourth-order valence-corrected chi connectivity index (χ4v) is 9.96. The van der Waals surface area contributed by atoms with E-state index in [0.29, 0.717) is 39.7 Å². The number of nitrogens with zero attached hydrogens (tertiary/aromatic N) is 4. The number of carbonyl (C=O) groups excluding carboxylic acids is 4. The van der Waals surface area contributed by atoms with Crippen molar-refractivity contribution < 1.29 is 33.0 Å². The zero-order chi connectivity index (χ0) is 42.2. The Hall–Kier alpha value is -5.26. The Bertz CT molecular complexity index is 2180. The molecule has 4 aliphatic rings. The Morgan fingerprint density at radius 3 is 2.56 bits per heavy atom. The smallest absolute Gasteiger partial charge is 0.255 e. The first-order chi connectivity index (χ1) is 28.2. The van der Waals surface area contributed by atoms with Gasteiger partial charge in [-0.25, -0.2) is 4.39 Å². The average molecular weight is 828 g/mol. The first kappa shape index (κ1) is 41.9. The van der Waals surface area contributed by atoms with Gasteiger partial charge in [-0.3, -0.25) is 29.5 Å². The van der Waals surface area contributed by atoms with Crippen LogP contribution in [0.2, 0.25) is 5.02 Å². The van der Waals surface area contributed by atoms with Crippen LogP contribution in [0, 0.1) is 28.0 Å². The van der Waals surface area contributed by atoms with E-state index in [1.807, 2.05) is 32.6 Å². The van der Waals surface area contributed by atoms with Gasteiger partial charge in [0.25, 0.3) is 11.8 Å². The van der Waals surface area contributed by atoms with Crippen LogP contribution in [-0.4, -0.2) is 77.1 Å². The first-order valence-corrected chi connectivity index (χ1v) is 20.8. The van der Waals surface area contributed by atoms with E-state index in [-0.39, 0.29) is 61.3 Å². The second kappa shape index (κ2) is 16.8. The molecule has 3 aromatic rings. The maximum atomic E-state index is 16.0. The van der Waals surface area contributed by atoms with E-state index in [1.165, 1.54) is 17.0 Å². The number of amides is 4. The van der Waals surface area contributed by atoms with Gasteiger partial charge in [0.15, 0.2) is 17.8 Å². The maximum absolute atomic E-state index is 16.0. The standard InChI is InChI=1S/C44H51ClFN7O6/c1-6-7-8-9-10-26-21-49-23-36(59-37-30-24-52(34-15-16-35(54)50-39(34)56)40(57)28(30)13-14-32(37)46)53(26)33-17-18-48-22-29(33)38(55)51-41-43(2,3)42(44(41,4)5)58-27-12-11-25(20-47)31(45)19-27/h11-14,17-19,22,26,34,36,41-42,49H,6-10,15-16,21,23-24H2,1-5H3,(H,51,55)(H,50,54,56). The third-order valence-corrected chi connectivity index (χ3v) is 12.7. The van der Waals surface area contributed by atoms with Gasteiger partial charge in [-0.05, 0) is 43.2 Å². The molecule has 1 saturated carbocycles. The summed E-state index contributed by atoms with van der Waals surface area (Å²) in [4.78, 5) is 60.6. The number of aromatic nitrogens is 1. The summed E-state index contributed by atoms with van der Waals surface area (Å²) in [5.74, 6) is -1.95. The van der Waals surface area contributed by atoms with Crippen LogP contribution in [0.3, 0.4) is 0 Å². The van der Waals surface area contributed by atoms with Crippen molar-refractivity contribution in [3.63, 3.8) is 0 Å². The molecule has 0 bridgehead atoms. The highest BCUT2D eigenvalue weighted by molar-refractivity contribution is 6.31. The summed E-state index contributed by atoms with van der Waals surface area (Å²) in [6, 6.07) is 10.1. The lowest BCUT2D eigenvalue weighted by molar-refractivity contribution is -0.164. The van der Waals surface area contributed by atoms with Gasteiger partial charge in [-0.15, -0.1) is 0 Å². The van der Waals surface area contributed by atoms with Crippen molar-refractivity contribution in [3.05, 3.63) is 81.9 Å². The molecule has 4 heterocycles. The van der Waals surface area contributed by atoms with Gasteiger partial charge in [0.05, 0.1) is 34.9 Å². The van der Waals surface area contributed by atoms with Gasteiger partial charge < -0.3 is 29.9 Å². The SMILES string of the molecule is CCCCCCC1CNCC(Oc2c(F)ccc3c2CN(C2CCC(=O)NC2=O)C3=O)N1c1ccncc1C(=O)NC1C(C)(C)C(Oc2ccc(C#N)c(Cl)c2)C1(C)C. The van der Waals surface area contributed by atoms with Crippen molar-refractivity contribution in [1.29, 1.82) is 5.26 Å². The number of nitrogens with one attached hydrogen (secondary N) is 3. The number of carbonyl (C=O) groups is 4. The predicted molar refractivity (Wildman–Crippen MR) is 218 cm³/mol. The summed E-state index contributed by atoms with van der Waals surface area (Å²) in [5.41, 5.74) is 0.781. The van der Waals surface area contributed by atoms with E-state index in [4.69, 9.17) is 21.1 Å². The van der Waals surface area contributed by atoms with E-state index in [0.717, 1.165) is 32.1 Å². The number of imide groups is 1. The number of piperidine rings is 1. The Balaban J connectivity index is 1.17. The molecular weight excluding hydrogens is 777 g/mol. The summed E-state index contributed by atoms with van der Waals surface area (Å²) in [5, 5.41) is 18.7.